The molecule has 1 fully saturated rings. The van der Waals surface area contributed by atoms with Gasteiger partial charge in [-0.3, -0.25) is 14.5 Å². The third-order valence-corrected chi connectivity index (χ3v) is 5.38. The van der Waals surface area contributed by atoms with Crippen LogP contribution in [0.25, 0.3) is 0 Å². The number of nitrogens with one attached hydrogen (secondary N) is 1. The Labute approximate surface area is 189 Å². The van der Waals surface area contributed by atoms with Crippen molar-refractivity contribution in [3.63, 3.8) is 0 Å². The fourth-order valence-electron chi connectivity index (χ4n) is 3.73. The van der Waals surface area contributed by atoms with Gasteiger partial charge in [0.2, 0.25) is 11.7 Å². The van der Waals surface area contributed by atoms with Crippen molar-refractivity contribution in [1.29, 1.82) is 0 Å². The molecule has 0 unspecified atom stereocenters. The summed E-state index contributed by atoms with van der Waals surface area (Å²) in [6.07, 6.45) is 0.105. The van der Waals surface area contributed by atoms with Gasteiger partial charge in [0.15, 0.2) is 5.70 Å². The second-order valence-electron chi connectivity index (χ2n) is 7.53. The van der Waals surface area contributed by atoms with Gasteiger partial charge in [-0.2, -0.15) is 0 Å². The third-order valence-electron chi connectivity index (χ3n) is 5.38. The fraction of sp³-hybridized carbons (Fsp3) is 0.250. The van der Waals surface area contributed by atoms with E-state index in [9.17, 15) is 19.2 Å². The number of nitrogens with zero attached hydrogens (tertiary/aromatic N) is 1. The number of benzene rings is 2. The normalized spacial score (nSPS) is 19.1. The first kappa shape index (κ1) is 22.1. The Hall–Kier alpha value is -4.14. The first-order valence-electron chi connectivity index (χ1n) is 10.3. The van der Waals surface area contributed by atoms with Gasteiger partial charge in [0.25, 0.3) is 5.91 Å². The van der Waals surface area contributed by atoms with Crippen molar-refractivity contribution in [2.75, 3.05) is 13.7 Å². The molecule has 0 aliphatic carbocycles. The van der Waals surface area contributed by atoms with Crippen LogP contribution in [0, 0.1) is 0 Å². The van der Waals surface area contributed by atoms with Crippen LogP contribution in [-0.2, 0) is 46.4 Å². The molecule has 1 N–H and O–H groups in total. The summed E-state index contributed by atoms with van der Waals surface area (Å²) >= 11 is 0. The lowest BCUT2D eigenvalue weighted by Gasteiger charge is -2.49. The average Bonchev–Trinajstić information content (AvgIpc) is 2.85. The van der Waals surface area contributed by atoms with Crippen molar-refractivity contribution in [2.24, 2.45) is 0 Å². The largest absolute Gasteiger partial charge is 0.483 e. The number of esters is 2. The number of ether oxygens (including phenoxy) is 3. The number of fused-ring (bicyclic) bond motifs is 1. The molecular weight excluding hydrogens is 428 g/mol. The molecular formula is C24H22N2O7. The monoisotopic (exact) mass is 450 g/mol. The van der Waals surface area contributed by atoms with Crippen molar-refractivity contribution in [1.82, 2.24) is 10.2 Å². The molecule has 2 aliphatic rings. The molecule has 2 heterocycles. The Kier molecular flexibility index (Phi) is 6.39. The molecule has 9 heteroatoms. The van der Waals surface area contributed by atoms with E-state index in [2.05, 4.69) is 5.32 Å². The SMILES string of the molecule is COC(=O)C1=C(C(=O)OCc2ccccc2)N2C(=O)[C@H](NC(=O)Cc3ccccc3)[C@@H]2CO1. The van der Waals surface area contributed by atoms with E-state index in [0.717, 1.165) is 23.1 Å². The molecule has 0 bridgehead atoms. The molecule has 0 saturated carbocycles. The first-order chi connectivity index (χ1) is 16.0. The van der Waals surface area contributed by atoms with E-state index in [1.807, 2.05) is 36.4 Å². The van der Waals surface area contributed by atoms with Crippen LogP contribution in [0.5, 0.6) is 0 Å². The highest BCUT2D eigenvalue weighted by atomic mass is 16.6. The molecule has 2 aromatic rings. The number of hydrogen-bond donors (Lipinski definition) is 1. The van der Waals surface area contributed by atoms with Gasteiger partial charge >= 0.3 is 11.9 Å². The van der Waals surface area contributed by atoms with Crippen molar-refractivity contribution in [3.8, 4) is 0 Å². The molecule has 2 aromatic carbocycles. The summed E-state index contributed by atoms with van der Waals surface area (Å²) in [5.41, 5.74) is 1.21. The zero-order valence-corrected chi connectivity index (χ0v) is 17.9. The minimum absolute atomic E-state index is 0.0540. The van der Waals surface area contributed by atoms with Crippen molar-refractivity contribution in [2.45, 2.75) is 25.1 Å². The lowest BCUT2D eigenvalue weighted by atomic mass is 9.92. The van der Waals surface area contributed by atoms with Crippen LogP contribution >= 0.6 is 0 Å². The smallest absolute Gasteiger partial charge is 0.375 e. The Bertz CT molecular complexity index is 1100. The molecule has 1 saturated heterocycles. The van der Waals surface area contributed by atoms with Gasteiger partial charge in [0.1, 0.15) is 25.3 Å². The van der Waals surface area contributed by atoms with Gasteiger partial charge in [-0.05, 0) is 11.1 Å². The van der Waals surface area contributed by atoms with Crippen LogP contribution in [0.15, 0.2) is 72.1 Å². The third kappa shape index (κ3) is 4.57. The highest BCUT2D eigenvalue weighted by Crippen LogP contribution is 2.34. The molecule has 33 heavy (non-hydrogen) atoms. The molecule has 0 spiro atoms. The van der Waals surface area contributed by atoms with Gasteiger partial charge in [-0.25, -0.2) is 9.59 Å². The Balaban J connectivity index is 1.48. The standard InChI is InChI=1S/C24H22N2O7/c1-31-24(30)21-20(23(29)33-13-16-10-6-3-7-11-16)26-17(14-32-21)19(22(26)28)25-18(27)12-15-8-4-2-5-9-15/h2-11,17,19H,12-14H2,1H3,(H,25,27)/t17-,19+/m0/s1. The second kappa shape index (κ2) is 9.56. The maximum absolute atomic E-state index is 12.9. The van der Waals surface area contributed by atoms with Crippen molar-refractivity contribution >= 4 is 23.8 Å². The van der Waals surface area contributed by atoms with Gasteiger partial charge < -0.3 is 19.5 Å². The minimum atomic E-state index is -0.899. The number of β-lactam (4-membered cyclic amide) rings is 1. The van der Waals surface area contributed by atoms with Crippen LogP contribution in [0.2, 0.25) is 0 Å². The molecule has 9 nitrogen and oxygen atoms in total. The Morgan fingerprint density at radius 3 is 2.27 bits per heavy atom. The number of carbonyl (C=O) groups excluding carboxylic acids is 4. The molecule has 170 valence electrons. The van der Waals surface area contributed by atoms with E-state index in [1.54, 1.807) is 24.3 Å². The lowest BCUT2D eigenvalue weighted by molar-refractivity contribution is -0.165. The fourth-order valence-corrected chi connectivity index (χ4v) is 3.73. The highest BCUT2D eigenvalue weighted by molar-refractivity contribution is 6.06. The number of rotatable bonds is 7. The Morgan fingerprint density at radius 2 is 1.64 bits per heavy atom. The predicted molar refractivity (Wildman–Crippen MR) is 114 cm³/mol. The first-order valence-corrected chi connectivity index (χ1v) is 10.3. The number of carbonyl (C=O) groups is 4. The van der Waals surface area contributed by atoms with Gasteiger partial charge in [0.05, 0.1) is 13.5 Å². The minimum Gasteiger partial charge on any atom is -0.483 e. The predicted octanol–water partition coefficient (Wildman–Crippen LogP) is 1.08. The van der Waals surface area contributed by atoms with Crippen LogP contribution in [0.4, 0.5) is 0 Å². The average molecular weight is 450 g/mol. The maximum Gasteiger partial charge on any atom is 0.375 e. The summed E-state index contributed by atoms with van der Waals surface area (Å²) in [6, 6.07) is 16.5. The molecule has 0 radical (unpaired) electrons. The van der Waals surface area contributed by atoms with Crippen molar-refractivity contribution < 1.29 is 33.4 Å². The van der Waals surface area contributed by atoms with Crippen LogP contribution in [-0.4, -0.2) is 54.5 Å². The van der Waals surface area contributed by atoms with E-state index in [1.165, 1.54) is 0 Å². The van der Waals surface area contributed by atoms with E-state index >= 15 is 0 Å². The van der Waals surface area contributed by atoms with Crippen LogP contribution in [0.3, 0.4) is 0 Å². The Morgan fingerprint density at radius 1 is 1.00 bits per heavy atom. The highest BCUT2D eigenvalue weighted by Gasteiger charge is 2.56. The summed E-state index contributed by atoms with van der Waals surface area (Å²) < 4.78 is 15.5. The number of hydrogen-bond acceptors (Lipinski definition) is 7. The van der Waals surface area contributed by atoms with Gasteiger partial charge in [-0.1, -0.05) is 60.7 Å². The van der Waals surface area contributed by atoms with E-state index in [-0.39, 0.29) is 31.2 Å². The quantitative estimate of drug-likeness (QED) is 0.496. The van der Waals surface area contributed by atoms with E-state index in [4.69, 9.17) is 14.2 Å². The molecule has 2 aliphatic heterocycles. The molecule has 2 amide bonds. The van der Waals surface area contributed by atoms with Crippen molar-refractivity contribution in [3.05, 3.63) is 83.2 Å². The van der Waals surface area contributed by atoms with Gasteiger partial charge in [0, 0.05) is 0 Å². The summed E-state index contributed by atoms with van der Waals surface area (Å²) in [6.45, 7) is -0.135. The molecule has 2 atom stereocenters. The van der Waals surface area contributed by atoms with E-state index in [0.29, 0.717) is 0 Å². The number of amides is 2. The van der Waals surface area contributed by atoms with E-state index < -0.39 is 35.7 Å². The second-order valence-corrected chi connectivity index (χ2v) is 7.53. The summed E-state index contributed by atoms with van der Waals surface area (Å²) in [5.74, 6) is -3.06. The summed E-state index contributed by atoms with van der Waals surface area (Å²) in [7, 11) is 1.14. The zero-order valence-electron chi connectivity index (χ0n) is 17.9. The van der Waals surface area contributed by atoms with Crippen LogP contribution < -0.4 is 5.32 Å². The topological polar surface area (TPSA) is 111 Å². The molecule has 0 aromatic heterocycles. The lowest BCUT2D eigenvalue weighted by Crippen LogP contribution is -2.73. The maximum atomic E-state index is 12.9. The molecule has 4 rings (SSSR count). The summed E-state index contributed by atoms with van der Waals surface area (Å²) in [4.78, 5) is 51.5. The summed E-state index contributed by atoms with van der Waals surface area (Å²) in [5, 5.41) is 2.69. The number of methoxy groups -OCH3 is 1. The van der Waals surface area contributed by atoms with Crippen LogP contribution in [0.1, 0.15) is 11.1 Å². The zero-order chi connectivity index (χ0) is 23.4. The van der Waals surface area contributed by atoms with Gasteiger partial charge in [-0.15, -0.1) is 0 Å².